The first-order valence-corrected chi connectivity index (χ1v) is 19.7. The van der Waals surface area contributed by atoms with Crippen molar-refractivity contribution < 1.29 is 0 Å². The summed E-state index contributed by atoms with van der Waals surface area (Å²) >= 11 is 0. The van der Waals surface area contributed by atoms with Crippen molar-refractivity contribution in [3.05, 3.63) is 206 Å². The minimum absolute atomic E-state index is 0.712. The van der Waals surface area contributed by atoms with Crippen LogP contribution in [-0.2, 0) is 0 Å². The molecule has 0 aliphatic carbocycles. The van der Waals surface area contributed by atoms with Gasteiger partial charge >= 0.3 is 0 Å². The van der Waals surface area contributed by atoms with Crippen LogP contribution in [0.15, 0.2) is 206 Å². The second kappa shape index (κ2) is 12.9. The third-order valence-electron chi connectivity index (χ3n) is 11.7. The summed E-state index contributed by atoms with van der Waals surface area (Å²) in [4.78, 5) is 10.4. The lowest BCUT2D eigenvalue weighted by Gasteiger charge is -2.13. The van der Waals surface area contributed by atoms with Crippen LogP contribution in [0.2, 0.25) is 0 Å². The van der Waals surface area contributed by atoms with E-state index in [0.717, 1.165) is 50.2 Å². The summed E-state index contributed by atoms with van der Waals surface area (Å²) < 4.78 is 4.74. The van der Waals surface area contributed by atoms with Gasteiger partial charge in [-0.05, 0) is 88.6 Å². The Kier molecular flexibility index (Phi) is 7.20. The summed E-state index contributed by atoms with van der Waals surface area (Å²) in [5.41, 5.74) is 13.1. The number of rotatable bonds is 5. The Bertz CT molecular complexity index is 3540. The maximum Gasteiger partial charge on any atom is 0.160 e. The molecule has 0 aliphatic heterocycles. The molecule has 58 heavy (non-hydrogen) atoms. The standard InChI is InChI=1S/C54H34N4/c1-3-14-37(15-4-1)54-55-47-30-25-38(39-27-31-50-45(33-39)43-19-9-11-21-48(43)57(50)40-16-5-2-6-17-40)34-46(47)53(56-54)36-23-28-41(29-24-36)58-49-22-12-10-20-44(49)52-42-18-8-7-13-35(42)26-32-51(52)58/h1-34H. The van der Waals surface area contributed by atoms with Gasteiger partial charge in [0.2, 0.25) is 0 Å². The van der Waals surface area contributed by atoms with E-state index in [0.29, 0.717) is 5.82 Å². The zero-order chi connectivity index (χ0) is 38.2. The summed E-state index contributed by atoms with van der Waals surface area (Å²) in [7, 11) is 0. The Morgan fingerprint density at radius 3 is 1.66 bits per heavy atom. The highest BCUT2D eigenvalue weighted by atomic mass is 15.0. The van der Waals surface area contributed by atoms with E-state index in [4.69, 9.17) is 9.97 Å². The lowest BCUT2D eigenvalue weighted by molar-refractivity contribution is 1.18. The molecule has 0 radical (unpaired) electrons. The molecule has 0 saturated carbocycles. The molecule has 0 saturated heterocycles. The Morgan fingerprint density at radius 2 is 0.862 bits per heavy atom. The van der Waals surface area contributed by atoms with Crippen LogP contribution in [-0.4, -0.2) is 19.1 Å². The van der Waals surface area contributed by atoms with Crippen LogP contribution in [0.3, 0.4) is 0 Å². The summed E-state index contributed by atoms with van der Waals surface area (Å²) in [5, 5.41) is 8.52. The highest BCUT2D eigenvalue weighted by molar-refractivity contribution is 6.21. The number of benzene rings is 9. The van der Waals surface area contributed by atoms with Gasteiger partial charge < -0.3 is 9.13 Å². The quantitative estimate of drug-likeness (QED) is 0.176. The van der Waals surface area contributed by atoms with Crippen LogP contribution in [0.1, 0.15) is 0 Å². The van der Waals surface area contributed by atoms with E-state index < -0.39 is 0 Å². The molecule has 0 fully saturated rings. The zero-order valence-corrected chi connectivity index (χ0v) is 31.4. The number of fused-ring (bicyclic) bond motifs is 9. The van der Waals surface area contributed by atoms with Crippen molar-refractivity contribution in [2.24, 2.45) is 0 Å². The minimum Gasteiger partial charge on any atom is -0.309 e. The molecule has 9 aromatic carbocycles. The zero-order valence-electron chi connectivity index (χ0n) is 31.4. The van der Waals surface area contributed by atoms with Crippen molar-refractivity contribution in [2.45, 2.75) is 0 Å². The first-order chi connectivity index (χ1) is 28.8. The summed E-state index contributed by atoms with van der Waals surface area (Å²) in [6, 6.07) is 73.8. The third-order valence-corrected chi connectivity index (χ3v) is 11.7. The van der Waals surface area contributed by atoms with E-state index in [1.165, 1.54) is 54.4 Å². The van der Waals surface area contributed by atoms with Crippen molar-refractivity contribution in [1.29, 1.82) is 0 Å². The fourth-order valence-electron chi connectivity index (χ4n) is 9.04. The molecule has 0 bridgehead atoms. The number of hydrogen-bond acceptors (Lipinski definition) is 2. The molecule has 270 valence electrons. The van der Waals surface area contributed by atoms with Crippen molar-refractivity contribution in [2.75, 3.05) is 0 Å². The molecule has 3 heterocycles. The Hall–Kier alpha value is -7.82. The van der Waals surface area contributed by atoms with Gasteiger partial charge in [-0.2, -0.15) is 0 Å². The molecule has 0 unspecified atom stereocenters. The number of nitrogens with zero attached hydrogens (tertiary/aromatic N) is 4. The third kappa shape index (κ3) is 5.02. The van der Waals surface area contributed by atoms with Crippen LogP contribution in [0, 0.1) is 0 Å². The van der Waals surface area contributed by atoms with Crippen molar-refractivity contribution in [1.82, 2.24) is 19.1 Å². The molecule has 3 aromatic heterocycles. The van der Waals surface area contributed by atoms with Crippen molar-refractivity contribution in [3.63, 3.8) is 0 Å². The average Bonchev–Trinajstić information content (AvgIpc) is 3.82. The molecule has 0 N–H and O–H groups in total. The fraction of sp³-hybridized carbons (Fsp3) is 0. The molecular weight excluding hydrogens is 705 g/mol. The van der Waals surface area contributed by atoms with E-state index in [-0.39, 0.29) is 0 Å². The molecule has 0 amide bonds. The minimum atomic E-state index is 0.712. The van der Waals surface area contributed by atoms with E-state index in [2.05, 4.69) is 197 Å². The van der Waals surface area contributed by atoms with Gasteiger partial charge in [0.1, 0.15) is 0 Å². The Morgan fingerprint density at radius 1 is 0.310 bits per heavy atom. The summed E-state index contributed by atoms with van der Waals surface area (Å²) in [6.07, 6.45) is 0. The van der Waals surface area contributed by atoms with Crippen molar-refractivity contribution >= 4 is 65.3 Å². The second-order valence-electron chi connectivity index (χ2n) is 15.0. The fourth-order valence-corrected chi connectivity index (χ4v) is 9.04. The van der Waals surface area contributed by atoms with Crippen LogP contribution in [0.5, 0.6) is 0 Å². The molecular formula is C54H34N4. The Labute approximate surface area is 334 Å². The average molecular weight is 739 g/mol. The van der Waals surface area contributed by atoms with E-state index in [1.54, 1.807) is 0 Å². The van der Waals surface area contributed by atoms with Gasteiger partial charge in [-0.3, -0.25) is 0 Å². The van der Waals surface area contributed by atoms with Crippen LogP contribution in [0.25, 0.3) is 110 Å². The van der Waals surface area contributed by atoms with Crippen LogP contribution < -0.4 is 0 Å². The smallest absolute Gasteiger partial charge is 0.160 e. The van der Waals surface area contributed by atoms with Gasteiger partial charge in [-0.15, -0.1) is 0 Å². The van der Waals surface area contributed by atoms with Crippen molar-refractivity contribution in [3.8, 4) is 45.1 Å². The summed E-state index contributed by atoms with van der Waals surface area (Å²) in [5.74, 6) is 0.712. The first kappa shape index (κ1) is 32.4. The lowest BCUT2D eigenvalue weighted by atomic mass is 9.98. The highest BCUT2D eigenvalue weighted by Crippen LogP contribution is 2.39. The monoisotopic (exact) mass is 738 g/mol. The first-order valence-electron chi connectivity index (χ1n) is 19.7. The maximum atomic E-state index is 5.31. The SMILES string of the molecule is c1ccc(-c2nc(-c3ccc(-n4c5ccccc5c5c6ccccc6ccc54)cc3)c3cc(-c4ccc5c(c4)c4ccccc4n5-c4ccccc4)ccc3n2)cc1. The van der Waals surface area contributed by atoms with Gasteiger partial charge in [-0.1, -0.05) is 140 Å². The molecule has 4 nitrogen and oxygen atoms in total. The van der Waals surface area contributed by atoms with Gasteiger partial charge in [-0.25, -0.2) is 9.97 Å². The second-order valence-corrected chi connectivity index (χ2v) is 15.0. The van der Waals surface area contributed by atoms with Crippen LogP contribution in [0.4, 0.5) is 0 Å². The number of aromatic nitrogens is 4. The molecule has 12 rings (SSSR count). The van der Waals surface area contributed by atoms with Gasteiger partial charge in [0.25, 0.3) is 0 Å². The summed E-state index contributed by atoms with van der Waals surface area (Å²) in [6.45, 7) is 0. The molecule has 0 spiro atoms. The largest absolute Gasteiger partial charge is 0.309 e. The molecule has 4 heteroatoms. The topological polar surface area (TPSA) is 35.6 Å². The van der Waals surface area contributed by atoms with Crippen LogP contribution >= 0.6 is 0 Å². The number of para-hydroxylation sites is 3. The maximum absolute atomic E-state index is 5.31. The predicted octanol–water partition coefficient (Wildman–Crippen LogP) is 14.0. The Balaban J connectivity index is 1.02. The molecule has 0 atom stereocenters. The molecule has 12 aromatic rings. The molecule has 0 aliphatic rings. The lowest BCUT2D eigenvalue weighted by Crippen LogP contribution is -1.97. The normalized spacial score (nSPS) is 11.8. The predicted molar refractivity (Wildman–Crippen MR) is 242 cm³/mol. The number of hydrogen-bond donors (Lipinski definition) is 0. The van der Waals surface area contributed by atoms with E-state index in [9.17, 15) is 0 Å². The van der Waals surface area contributed by atoms with Gasteiger partial charge in [0.05, 0.1) is 33.3 Å². The van der Waals surface area contributed by atoms with E-state index >= 15 is 0 Å². The van der Waals surface area contributed by atoms with Gasteiger partial charge in [0, 0.05) is 49.4 Å². The highest BCUT2D eigenvalue weighted by Gasteiger charge is 2.18. The van der Waals surface area contributed by atoms with E-state index in [1.807, 2.05) is 18.2 Å². The van der Waals surface area contributed by atoms with Gasteiger partial charge in [0.15, 0.2) is 5.82 Å².